The Balaban J connectivity index is 3.04. The fraction of sp³-hybridized carbons (Fsp3) is 0. The highest BCUT2D eigenvalue weighted by molar-refractivity contribution is 5.52. The number of hydrogen-bond acceptors (Lipinski definition) is 3. The fourth-order valence-electron chi connectivity index (χ4n) is 0.888. The summed E-state index contributed by atoms with van der Waals surface area (Å²) in [4.78, 5) is 8.83. The first-order valence-corrected chi connectivity index (χ1v) is 3.65. The average molecular weight is 192 g/mol. The molecule has 5 heteroatoms. The largest absolute Gasteiger partial charge is 0.419 e. The molecule has 1 aromatic rings. The monoisotopic (exact) mass is 192 g/mol. The van der Waals surface area contributed by atoms with Crippen LogP contribution in [0.2, 0.25) is 0 Å². The molecule has 0 aliphatic carbocycles. The average Bonchev–Trinajstić information content (AvgIpc) is 2.18. The fourth-order valence-corrected chi connectivity index (χ4v) is 0.888. The molecule has 0 bridgehead atoms. The van der Waals surface area contributed by atoms with Gasteiger partial charge in [-0.2, -0.15) is 5.26 Å². The Morgan fingerprint density at radius 3 is 2.93 bits per heavy atom. The maximum Gasteiger partial charge on any atom is 0.419 e. The molecule has 4 nitrogen and oxygen atoms in total. The van der Waals surface area contributed by atoms with Gasteiger partial charge in [0, 0.05) is 0 Å². The molecule has 0 unspecified atom stereocenters. The van der Waals surface area contributed by atoms with Crippen molar-refractivity contribution in [3.05, 3.63) is 51.5 Å². The van der Waals surface area contributed by atoms with Gasteiger partial charge in [-0.1, -0.05) is 12.1 Å². The molecule has 1 rings (SSSR count). The van der Waals surface area contributed by atoms with Crippen LogP contribution in [0.15, 0.2) is 30.2 Å². The van der Waals surface area contributed by atoms with Crippen LogP contribution < -0.4 is 0 Å². The summed E-state index contributed by atoms with van der Waals surface area (Å²) in [5.74, 6) is -1.44. The number of nitriles is 1. The minimum atomic E-state index is -1.44. The van der Waals surface area contributed by atoms with Crippen LogP contribution in [0, 0.1) is 21.4 Å². The van der Waals surface area contributed by atoms with E-state index in [2.05, 4.69) is 0 Å². The highest BCUT2D eigenvalue weighted by Gasteiger charge is 2.07. The van der Waals surface area contributed by atoms with Crippen LogP contribution in [0.25, 0.3) is 6.08 Å². The van der Waals surface area contributed by atoms with Crippen LogP contribution in [0.4, 0.5) is 4.39 Å². The summed E-state index contributed by atoms with van der Waals surface area (Å²) in [6.45, 7) is 0. The number of hydrogen-bond donors (Lipinski definition) is 0. The lowest BCUT2D eigenvalue weighted by Gasteiger charge is -1.92. The summed E-state index contributed by atoms with van der Waals surface area (Å²) in [6.07, 6.45) is 0.765. The highest BCUT2D eigenvalue weighted by atomic mass is 19.1. The molecule has 0 spiro atoms. The Morgan fingerprint density at radius 2 is 2.36 bits per heavy atom. The summed E-state index contributed by atoms with van der Waals surface area (Å²) in [6, 6.07) is 7.74. The van der Waals surface area contributed by atoms with Crippen molar-refractivity contribution >= 4 is 6.08 Å². The summed E-state index contributed by atoms with van der Waals surface area (Å²) in [7, 11) is 0. The van der Waals surface area contributed by atoms with Crippen molar-refractivity contribution in [2.45, 2.75) is 0 Å². The SMILES string of the molecule is N#Cc1cccc(C=C(F)[N+](=O)[O-])c1. The third-order valence-electron chi connectivity index (χ3n) is 1.48. The van der Waals surface area contributed by atoms with Crippen LogP contribution >= 0.6 is 0 Å². The van der Waals surface area contributed by atoms with E-state index in [1.807, 2.05) is 6.07 Å². The second-order valence-electron chi connectivity index (χ2n) is 2.46. The summed E-state index contributed by atoms with van der Waals surface area (Å²) in [5.41, 5.74) is 0.619. The van der Waals surface area contributed by atoms with Crippen LogP contribution in [0.3, 0.4) is 0 Å². The maximum absolute atomic E-state index is 12.5. The number of benzene rings is 1. The quantitative estimate of drug-likeness (QED) is 0.409. The van der Waals surface area contributed by atoms with Crippen LogP contribution in [-0.2, 0) is 0 Å². The van der Waals surface area contributed by atoms with E-state index in [1.165, 1.54) is 24.3 Å². The molecule has 0 atom stereocenters. The zero-order chi connectivity index (χ0) is 10.6. The first kappa shape index (κ1) is 9.86. The van der Waals surface area contributed by atoms with E-state index in [-0.39, 0.29) is 0 Å². The second-order valence-corrected chi connectivity index (χ2v) is 2.46. The van der Waals surface area contributed by atoms with Gasteiger partial charge in [0.05, 0.1) is 22.6 Å². The van der Waals surface area contributed by atoms with Crippen molar-refractivity contribution in [1.82, 2.24) is 0 Å². The molecule has 0 aliphatic heterocycles. The van der Waals surface area contributed by atoms with E-state index in [1.54, 1.807) is 0 Å². The minimum absolute atomic E-state index is 0.290. The molecule has 1 aromatic carbocycles. The molecule has 70 valence electrons. The first-order valence-electron chi connectivity index (χ1n) is 3.65. The molecule has 0 saturated carbocycles. The van der Waals surface area contributed by atoms with Crippen LogP contribution in [-0.4, -0.2) is 4.92 Å². The lowest BCUT2D eigenvalue weighted by atomic mass is 10.1. The van der Waals surface area contributed by atoms with E-state index in [9.17, 15) is 14.5 Å². The molecule has 0 saturated heterocycles. The smallest absolute Gasteiger partial charge is 0.256 e. The molecule has 0 heterocycles. The molecule has 0 fully saturated rings. The molecule has 0 aromatic heterocycles. The molecule has 0 amide bonds. The van der Waals surface area contributed by atoms with Gasteiger partial charge in [-0.15, -0.1) is 4.39 Å². The third kappa shape index (κ3) is 2.38. The first-order chi connectivity index (χ1) is 6.63. The standard InChI is InChI=1S/C9H5FN2O2/c10-9(12(13)14)5-7-2-1-3-8(4-7)6-11/h1-5H. The predicted molar refractivity (Wildman–Crippen MR) is 47.2 cm³/mol. The normalized spacial score (nSPS) is 10.7. The second kappa shape index (κ2) is 4.14. The lowest BCUT2D eigenvalue weighted by molar-refractivity contribution is -0.445. The van der Waals surface area contributed by atoms with Gasteiger partial charge in [-0.25, -0.2) is 0 Å². The number of nitro groups is 1. The summed E-state index contributed by atoms with van der Waals surface area (Å²) >= 11 is 0. The van der Waals surface area contributed by atoms with Gasteiger partial charge in [0.1, 0.15) is 0 Å². The minimum Gasteiger partial charge on any atom is -0.256 e. The van der Waals surface area contributed by atoms with E-state index in [0.717, 1.165) is 6.08 Å². The summed E-state index contributed by atoms with van der Waals surface area (Å²) in [5, 5.41) is 18.5. The van der Waals surface area contributed by atoms with E-state index < -0.39 is 10.9 Å². The van der Waals surface area contributed by atoms with Gasteiger partial charge in [-0.3, -0.25) is 10.1 Å². The predicted octanol–water partition coefficient (Wildman–Crippen LogP) is 2.10. The lowest BCUT2D eigenvalue weighted by Crippen LogP contribution is -1.91. The van der Waals surface area contributed by atoms with Crippen molar-refractivity contribution in [2.24, 2.45) is 0 Å². The zero-order valence-electron chi connectivity index (χ0n) is 6.98. The number of rotatable bonds is 2. The summed E-state index contributed by atoms with van der Waals surface area (Å²) < 4.78 is 12.5. The van der Waals surface area contributed by atoms with E-state index in [0.29, 0.717) is 11.1 Å². The molecule has 0 N–H and O–H groups in total. The van der Waals surface area contributed by atoms with Crippen molar-refractivity contribution < 1.29 is 9.31 Å². The number of nitrogens with zero attached hydrogens (tertiary/aromatic N) is 2. The van der Waals surface area contributed by atoms with Gasteiger partial charge < -0.3 is 0 Å². The Hall–Kier alpha value is -2.22. The van der Waals surface area contributed by atoms with E-state index >= 15 is 0 Å². The van der Waals surface area contributed by atoms with Gasteiger partial charge in [-0.05, 0) is 17.7 Å². The Labute approximate surface area is 79.0 Å². The van der Waals surface area contributed by atoms with Gasteiger partial charge in [0.2, 0.25) is 0 Å². The zero-order valence-corrected chi connectivity index (χ0v) is 6.98. The van der Waals surface area contributed by atoms with Gasteiger partial charge in [0.15, 0.2) is 0 Å². The third-order valence-corrected chi connectivity index (χ3v) is 1.48. The van der Waals surface area contributed by atoms with Crippen molar-refractivity contribution in [3.63, 3.8) is 0 Å². The van der Waals surface area contributed by atoms with Crippen molar-refractivity contribution in [1.29, 1.82) is 5.26 Å². The molecule has 14 heavy (non-hydrogen) atoms. The van der Waals surface area contributed by atoms with E-state index in [4.69, 9.17) is 5.26 Å². The van der Waals surface area contributed by atoms with Gasteiger partial charge >= 0.3 is 5.95 Å². The molecular formula is C9H5FN2O2. The molecule has 0 aliphatic rings. The van der Waals surface area contributed by atoms with Gasteiger partial charge in [0.25, 0.3) is 0 Å². The topological polar surface area (TPSA) is 66.9 Å². The van der Waals surface area contributed by atoms with Crippen LogP contribution in [0.1, 0.15) is 11.1 Å². The van der Waals surface area contributed by atoms with Crippen molar-refractivity contribution in [2.75, 3.05) is 0 Å². The van der Waals surface area contributed by atoms with Crippen molar-refractivity contribution in [3.8, 4) is 6.07 Å². The molecular weight excluding hydrogens is 187 g/mol. The van der Waals surface area contributed by atoms with Crippen LogP contribution in [0.5, 0.6) is 0 Å². The Bertz CT molecular complexity index is 435. The Kier molecular flexibility index (Phi) is 2.92. The highest BCUT2D eigenvalue weighted by Crippen LogP contribution is 2.10. The number of halogens is 1. The molecule has 0 radical (unpaired) electrons. The maximum atomic E-state index is 12.5. The Morgan fingerprint density at radius 1 is 1.64 bits per heavy atom.